The second-order valence-corrected chi connectivity index (χ2v) is 8.38. The van der Waals surface area contributed by atoms with Gasteiger partial charge in [0, 0.05) is 42.3 Å². The van der Waals surface area contributed by atoms with Crippen molar-refractivity contribution in [3.63, 3.8) is 0 Å². The van der Waals surface area contributed by atoms with Gasteiger partial charge in [-0.3, -0.25) is 0 Å². The molecule has 6 heteroatoms. The lowest BCUT2D eigenvalue weighted by molar-refractivity contribution is 0.262. The number of benzene rings is 4. The molecule has 0 saturated carbocycles. The lowest BCUT2D eigenvalue weighted by atomic mass is 10.0. The maximum atomic E-state index is 12.6. The van der Waals surface area contributed by atoms with Gasteiger partial charge in [-0.15, -0.1) is 0 Å². The Balaban J connectivity index is 1.45. The highest BCUT2D eigenvalue weighted by molar-refractivity contribution is 6.01. The van der Waals surface area contributed by atoms with E-state index in [1.807, 2.05) is 122 Å². The van der Waals surface area contributed by atoms with E-state index >= 15 is 0 Å². The highest BCUT2D eigenvalue weighted by atomic mass is 16.2. The third kappa shape index (κ3) is 4.96. The Labute approximate surface area is 204 Å². The number of amides is 2. The first-order valence-electron chi connectivity index (χ1n) is 11.3. The molecule has 0 radical (unpaired) electrons. The molecule has 0 fully saturated rings. The van der Waals surface area contributed by atoms with Gasteiger partial charge in [0.2, 0.25) is 0 Å². The van der Waals surface area contributed by atoms with Crippen LogP contribution in [0.3, 0.4) is 0 Å². The summed E-state index contributed by atoms with van der Waals surface area (Å²) in [6.45, 7) is 0. The first kappa shape index (κ1) is 22.1. The van der Waals surface area contributed by atoms with Crippen LogP contribution in [0.2, 0.25) is 0 Å². The molecule has 1 heterocycles. The summed E-state index contributed by atoms with van der Waals surface area (Å²) in [7, 11) is 3.95. The van der Waals surface area contributed by atoms with Crippen molar-refractivity contribution in [1.82, 2.24) is 9.97 Å². The number of carbonyl (C=O) groups is 1. The summed E-state index contributed by atoms with van der Waals surface area (Å²) in [5, 5.41) is 5.77. The van der Waals surface area contributed by atoms with Crippen molar-refractivity contribution in [3.8, 4) is 22.5 Å². The number of anilines is 3. The zero-order valence-electron chi connectivity index (χ0n) is 19.6. The first-order valence-corrected chi connectivity index (χ1v) is 11.3. The van der Waals surface area contributed by atoms with E-state index < -0.39 is 0 Å². The Morgan fingerprint density at radius 3 is 1.71 bits per heavy atom. The lowest BCUT2D eigenvalue weighted by Gasteiger charge is -2.14. The molecule has 0 atom stereocenters. The molecule has 0 aliphatic carbocycles. The highest BCUT2D eigenvalue weighted by Crippen LogP contribution is 2.31. The van der Waals surface area contributed by atoms with Gasteiger partial charge in [-0.2, -0.15) is 0 Å². The van der Waals surface area contributed by atoms with E-state index in [-0.39, 0.29) is 6.03 Å². The fraction of sp³-hybridized carbons (Fsp3) is 0.0690. The van der Waals surface area contributed by atoms with E-state index in [0.717, 1.165) is 33.7 Å². The fourth-order valence-electron chi connectivity index (χ4n) is 3.86. The second kappa shape index (κ2) is 9.65. The molecule has 0 unspecified atom stereocenters. The van der Waals surface area contributed by atoms with Crippen LogP contribution in [-0.2, 0) is 0 Å². The summed E-state index contributed by atoms with van der Waals surface area (Å²) >= 11 is 0. The topological polar surface area (TPSA) is 70.2 Å². The Hall–Kier alpha value is -4.71. The number of aromatic nitrogens is 2. The van der Waals surface area contributed by atoms with Crippen LogP contribution in [-0.4, -0.2) is 30.1 Å². The minimum atomic E-state index is -0.320. The van der Waals surface area contributed by atoms with Crippen molar-refractivity contribution >= 4 is 34.1 Å². The van der Waals surface area contributed by atoms with Gasteiger partial charge in [0.15, 0.2) is 0 Å². The molecule has 5 aromatic rings. The fourth-order valence-corrected chi connectivity index (χ4v) is 3.86. The molecule has 2 amide bonds. The van der Waals surface area contributed by atoms with E-state index in [4.69, 9.17) is 9.97 Å². The number of nitrogens with one attached hydrogen (secondary N) is 2. The molecule has 4 aromatic carbocycles. The van der Waals surface area contributed by atoms with Crippen molar-refractivity contribution in [2.75, 3.05) is 29.6 Å². The highest BCUT2D eigenvalue weighted by Gasteiger charge is 2.14. The summed E-state index contributed by atoms with van der Waals surface area (Å²) in [5.74, 6) is 0. The van der Waals surface area contributed by atoms with E-state index in [2.05, 4.69) is 10.6 Å². The molecule has 0 aliphatic heterocycles. The van der Waals surface area contributed by atoms with Crippen molar-refractivity contribution in [3.05, 3.63) is 103 Å². The Morgan fingerprint density at radius 2 is 1.14 bits per heavy atom. The van der Waals surface area contributed by atoms with Crippen molar-refractivity contribution in [2.24, 2.45) is 0 Å². The average molecular weight is 460 g/mol. The zero-order chi connectivity index (χ0) is 24.2. The molecule has 0 spiro atoms. The molecule has 0 aliphatic rings. The average Bonchev–Trinajstić information content (AvgIpc) is 2.89. The van der Waals surface area contributed by atoms with Crippen LogP contribution in [0.1, 0.15) is 0 Å². The molecule has 6 nitrogen and oxygen atoms in total. The summed E-state index contributed by atoms with van der Waals surface area (Å²) < 4.78 is 0. The van der Waals surface area contributed by atoms with Gasteiger partial charge in [0.05, 0.1) is 22.4 Å². The normalized spacial score (nSPS) is 10.7. The smallest absolute Gasteiger partial charge is 0.323 e. The van der Waals surface area contributed by atoms with Crippen molar-refractivity contribution in [2.45, 2.75) is 0 Å². The number of nitrogens with zero attached hydrogens (tertiary/aromatic N) is 3. The summed E-state index contributed by atoms with van der Waals surface area (Å²) in [6.07, 6.45) is 0. The number of rotatable bonds is 5. The van der Waals surface area contributed by atoms with Crippen LogP contribution in [0.4, 0.5) is 21.9 Å². The number of fused-ring (bicyclic) bond motifs is 1. The van der Waals surface area contributed by atoms with Crippen LogP contribution in [0, 0.1) is 0 Å². The van der Waals surface area contributed by atoms with Crippen LogP contribution in [0.25, 0.3) is 33.5 Å². The van der Waals surface area contributed by atoms with E-state index in [9.17, 15) is 4.79 Å². The number of urea groups is 1. The Bertz CT molecular complexity index is 1470. The molecule has 172 valence electrons. The standard InChI is InChI=1S/C29H25N5O/c1-34(2)24-16-13-22(14-17-24)30-29(35)31-23-15-18-25-26(19-23)33-28(21-11-7-4-8-12-21)27(32-25)20-9-5-3-6-10-20/h3-19H,1-2H3,(H2,30,31,35). The minimum Gasteiger partial charge on any atom is -0.378 e. The molecule has 35 heavy (non-hydrogen) atoms. The van der Waals surface area contributed by atoms with Crippen LogP contribution >= 0.6 is 0 Å². The van der Waals surface area contributed by atoms with Gasteiger partial charge in [-0.05, 0) is 42.5 Å². The molecular weight excluding hydrogens is 434 g/mol. The van der Waals surface area contributed by atoms with Gasteiger partial charge in [-0.25, -0.2) is 14.8 Å². The van der Waals surface area contributed by atoms with Gasteiger partial charge in [0.25, 0.3) is 0 Å². The summed E-state index contributed by atoms with van der Waals surface area (Å²) in [6, 6.07) is 33.0. The summed E-state index contributed by atoms with van der Waals surface area (Å²) in [5.41, 5.74) is 7.49. The molecule has 5 rings (SSSR count). The molecule has 0 saturated heterocycles. The predicted molar refractivity (Wildman–Crippen MR) is 144 cm³/mol. The van der Waals surface area contributed by atoms with Gasteiger partial charge in [0.1, 0.15) is 0 Å². The summed E-state index contributed by atoms with van der Waals surface area (Å²) in [4.78, 5) is 24.5. The third-order valence-corrected chi connectivity index (χ3v) is 5.66. The zero-order valence-corrected chi connectivity index (χ0v) is 19.6. The van der Waals surface area contributed by atoms with Crippen molar-refractivity contribution < 1.29 is 4.79 Å². The number of hydrogen-bond donors (Lipinski definition) is 2. The quantitative estimate of drug-likeness (QED) is 0.308. The molecule has 2 N–H and O–H groups in total. The van der Waals surface area contributed by atoms with Gasteiger partial charge >= 0.3 is 6.03 Å². The first-order chi connectivity index (χ1) is 17.1. The Morgan fingerprint density at radius 1 is 0.629 bits per heavy atom. The van der Waals surface area contributed by atoms with E-state index in [1.54, 1.807) is 0 Å². The Kier molecular flexibility index (Phi) is 6.09. The maximum Gasteiger partial charge on any atom is 0.323 e. The second-order valence-electron chi connectivity index (χ2n) is 8.38. The van der Waals surface area contributed by atoms with Gasteiger partial charge in [-0.1, -0.05) is 60.7 Å². The van der Waals surface area contributed by atoms with Crippen LogP contribution < -0.4 is 15.5 Å². The molecule has 1 aromatic heterocycles. The largest absolute Gasteiger partial charge is 0.378 e. The van der Waals surface area contributed by atoms with Crippen LogP contribution in [0.15, 0.2) is 103 Å². The van der Waals surface area contributed by atoms with Gasteiger partial charge < -0.3 is 15.5 Å². The number of carbonyl (C=O) groups excluding carboxylic acids is 1. The minimum absolute atomic E-state index is 0.320. The van der Waals surface area contributed by atoms with E-state index in [1.165, 1.54) is 0 Å². The molecule has 0 bridgehead atoms. The predicted octanol–water partition coefficient (Wildman–Crippen LogP) is 6.67. The lowest BCUT2D eigenvalue weighted by Crippen LogP contribution is -2.19. The number of hydrogen-bond acceptors (Lipinski definition) is 4. The molecular formula is C29H25N5O. The van der Waals surface area contributed by atoms with Crippen molar-refractivity contribution in [1.29, 1.82) is 0 Å². The maximum absolute atomic E-state index is 12.6. The monoisotopic (exact) mass is 459 g/mol. The van der Waals surface area contributed by atoms with Crippen LogP contribution in [0.5, 0.6) is 0 Å². The van der Waals surface area contributed by atoms with E-state index in [0.29, 0.717) is 16.9 Å². The third-order valence-electron chi connectivity index (χ3n) is 5.66. The SMILES string of the molecule is CN(C)c1ccc(NC(=O)Nc2ccc3nc(-c4ccccc4)c(-c4ccccc4)nc3c2)cc1.